The van der Waals surface area contributed by atoms with Crippen LogP contribution in [0.3, 0.4) is 0 Å². The number of nitrogens with one attached hydrogen (secondary N) is 1. The Bertz CT molecular complexity index is 1010. The van der Waals surface area contributed by atoms with Crippen LogP contribution >= 0.6 is 27.7 Å². The smallest absolute Gasteiger partial charge is 0.234 e. The van der Waals surface area contributed by atoms with E-state index in [4.69, 9.17) is 9.47 Å². The van der Waals surface area contributed by atoms with Gasteiger partial charge in [0.2, 0.25) is 5.91 Å². The van der Waals surface area contributed by atoms with Crippen LogP contribution in [-0.2, 0) is 18.4 Å². The van der Waals surface area contributed by atoms with Crippen LogP contribution in [0.5, 0.6) is 11.5 Å². The van der Waals surface area contributed by atoms with E-state index in [9.17, 15) is 4.79 Å². The largest absolute Gasteiger partial charge is 0.493 e. The number of methoxy groups -OCH3 is 1. The Morgan fingerprint density at radius 3 is 2.69 bits per heavy atom. The molecule has 0 atom stereocenters. The minimum Gasteiger partial charge on any atom is -0.493 e. The Kier molecular flexibility index (Phi) is 7.16. The van der Waals surface area contributed by atoms with E-state index in [-0.39, 0.29) is 18.3 Å². The maximum Gasteiger partial charge on any atom is 0.234 e. The molecule has 2 aromatic carbocycles. The van der Waals surface area contributed by atoms with Gasteiger partial charge in [0.15, 0.2) is 22.5 Å². The van der Waals surface area contributed by atoms with E-state index in [1.165, 1.54) is 11.8 Å². The summed E-state index contributed by atoms with van der Waals surface area (Å²) in [6.07, 6.45) is 0. The number of carbonyl (C=O) groups is 1. The van der Waals surface area contributed by atoms with Gasteiger partial charge in [0, 0.05) is 17.2 Å². The molecule has 0 aliphatic heterocycles. The quantitative estimate of drug-likeness (QED) is 0.490. The number of rotatable bonds is 8. The first-order valence-corrected chi connectivity index (χ1v) is 10.6. The van der Waals surface area contributed by atoms with Crippen LogP contribution in [0.1, 0.15) is 11.4 Å². The molecule has 152 valence electrons. The summed E-state index contributed by atoms with van der Waals surface area (Å²) in [6, 6.07) is 13.1. The summed E-state index contributed by atoms with van der Waals surface area (Å²) in [6.45, 7) is 2.22. The summed E-state index contributed by atoms with van der Waals surface area (Å²) < 4.78 is 13.9. The van der Waals surface area contributed by atoms with Crippen molar-refractivity contribution in [2.45, 2.75) is 18.7 Å². The minimum absolute atomic E-state index is 0.105. The lowest BCUT2D eigenvalue weighted by Crippen LogP contribution is -2.14. The van der Waals surface area contributed by atoms with E-state index in [1.807, 2.05) is 61.0 Å². The van der Waals surface area contributed by atoms with E-state index in [1.54, 1.807) is 7.11 Å². The average Bonchev–Trinajstić information content (AvgIpc) is 3.07. The topological polar surface area (TPSA) is 78.3 Å². The molecule has 1 heterocycles. The zero-order valence-electron chi connectivity index (χ0n) is 16.3. The molecule has 3 aromatic rings. The van der Waals surface area contributed by atoms with Crippen LogP contribution in [0.4, 0.5) is 5.69 Å². The van der Waals surface area contributed by atoms with Crippen molar-refractivity contribution < 1.29 is 14.3 Å². The zero-order valence-corrected chi connectivity index (χ0v) is 18.7. The molecule has 0 saturated carbocycles. The first-order chi connectivity index (χ1) is 14.0. The molecule has 1 N–H and O–H groups in total. The monoisotopic (exact) mass is 476 g/mol. The molecule has 0 saturated heterocycles. The van der Waals surface area contributed by atoms with E-state index in [0.29, 0.717) is 22.5 Å². The second-order valence-corrected chi connectivity index (χ2v) is 8.00. The summed E-state index contributed by atoms with van der Waals surface area (Å²) in [5.41, 5.74) is 1.82. The van der Waals surface area contributed by atoms with Gasteiger partial charge in [0.05, 0.1) is 12.9 Å². The molecule has 0 unspecified atom stereocenters. The van der Waals surface area contributed by atoms with Gasteiger partial charge in [0.1, 0.15) is 6.61 Å². The molecule has 0 fully saturated rings. The lowest BCUT2D eigenvalue weighted by Gasteiger charge is -2.10. The van der Waals surface area contributed by atoms with Crippen molar-refractivity contribution >= 4 is 39.3 Å². The Balaban J connectivity index is 1.55. The number of carbonyl (C=O) groups excluding carboxylic acids is 1. The third-order valence-corrected chi connectivity index (χ3v) is 6.03. The lowest BCUT2D eigenvalue weighted by molar-refractivity contribution is -0.113. The summed E-state index contributed by atoms with van der Waals surface area (Å²) >= 11 is 4.77. The van der Waals surface area contributed by atoms with Crippen molar-refractivity contribution in [2.24, 2.45) is 7.05 Å². The maximum absolute atomic E-state index is 12.2. The van der Waals surface area contributed by atoms with Gasteiger partial charge in [-0.15, -0.1) is 10.2 Å². The van der Waals surface area contributed by atoms with Crippen LogP contribution in [0, 0.1) is 6.92 Å². The highest BCUT2D eigenvalue weighted by Gasteiger charge is 2.13. The van der Waals surface area contributed by atoms with Crippen molar-refractivity contribution in [1.82, 2.24) is 14.8 Å². The number of nitrogens with zero attached hydrogens (tertiary/aromatic N) is 3. The number of benzene rings is 2. The van der Waals surface area contributed by atoms with Gasteiger partial charge < -0.3 is 19.4 Å². The predicted molar refractivity (Wildman–Crippen MR) is 117 cm³/mol. The molecule has 1 amide bonds. The highest BCUT2D eigenvalue weighted by Crippen LogP contribution is 2.27. The van der Waals surface area contributed by atoms with Crippen LogP contribution in [0.15, 0.2) is 52.1 Å². The third kappa shape index (κ3) is 5.51. The van der Waals surface area contributed by atoms with Gasteiger partial charge in [-0.3, -0.25) is 4.79 Å². The van der Waals surface area contributed by atoms with E-state index >= 15 is 0 Å². The number of aromatic nitrogens is 3. The SMILES string of the molecule is COc1ccccc1OCc1nnc(SCC(=O)Nc2ccc(Br)c(C)c2)n1C. The number of halogens is 1. The fraction of sp³-hybridized carbons (Fsp3) is 0.250. The molecule has 0 aliphatic carbocycles. The second-order valence-electron chi connectivity index (χ2n) is 6.20. The molecule has 29 heavy (non-hydrogen) atoms. The van der Waals surface area contributed by atoms with Crippen molar-refractivity contribution in [3.63, 3.8) is 0 Å². The number of anilines is 1. The molecule has 0 aliphatic rings. The number of hydrogen-bond donors (Lipinski definition) is 1. The van der Waals surface area contributed by atoms with Crippen molar-refractivity contribution in [3.8, 4) is 11.5 Å². The highest BCUT2D eigenvalue weighted by molar-refractivity contribution is 9.10. The standard InChI is InChI=1S/C20H21BrN4O3S/c1-13-10-14(8-9-15(13)21)22-19(26)12-29-20-24-23-18(25(20)2)11-28-17-7-5-4-6-16(17)27-3/h4-10H,11-12H2,1-3H3,(H,22,26). The van der Waals surface area contributed by atoms with Crippen LogP contribution in [-0.4, -0.2) is 33.5 Å². The fourth-order valence-corrected chi connectivity index (χ4v) is 3.50. The molecule has 1 aromatic heterocycles. The third-order valence-electron chi connectivity index (χ3n) is 4.12. The normalized spacial score (nSPS) is 10.6. The number of aryl methyl sites for hydroxylation is 1. The Morgan fingerprint density at radius 1 is 1.21 bits per heavy atom. The molecule has 9 heteroatoms. The summed E-state index contributed by atoms with van der Waals surface area (Å²) in [5, 5.41) is 11.8. The van der Waals surface area contributed by atoms with Gasteiger partial charge in [-0.1, -0.05) is 39.8 Å². The average molecular weight is 477 g/mol. The summed E-state index contributed by atoms with van der Waals surface area (Å²) in [7, 11) is 3.44. The van der Waals surface area contributed by atoms with E-state index in [2.05, 4.69) is 31.4 Å². The Hall–Kier alpha value is -2.52. The zero-order chi connectivity index (χ0) is 20.8. The molecule has 0 spiro atoms. The number of thioether (sulfide) groups is 1. The van der Waals surface area contributed by atoms with Gasteiger partial charge >= 0.3 is 0 Å². The van der Waals surface area contributed by atoms with Gasteiger partial charge in [-0.2, -0.15) is 0 Å². The van der Waals surface area contributed by atoms with Gasteiger partial charge in [0.25, 0.3) is 0 Å². The van der Waals surface area contributed by atoms with E-state index < -0.39 is 0 Å². The summed E-state index contributed by atoms with van der Waals surface area (Å²) in [4.78, 5) is 12.2. The molecule has 0 radical (unpaired) electrons. The molecule has 0 bridgehead atoms. The van der Waals surface area contributed by atoms with Gasteiger partial charge in [-0.05, 0) is 42.8 Å². The highest BCUT2D eigenvalue weighted by atomic mass is 79.9. The van der Waals surface area contributed by atoms with Crippen LogP contribution < -0.4 is 14.8 Å². The minimum atomic E-state index is -0.105. The number of amides is 1. The lowest BCUT2D eigenvalue weighted by atomic mass is 10.2. The maximum atomic E-state index is 12.2. The molecular formula is C20H21BrN4O3S. The Morgan fingerprint density at radius 2 is 1.97 bits per heavy atom. The summed E-state index contributed by atoms with van der Waals surface area (Å²) in [5.74, 6) is 2.07. The van der Waals surface area contributed by atoms with Crippen molar-refractivity contribution in [1.29, 1.82) is 0 Å². The molecule has 3 rings (SSSR count). The Labute approximate surface area is 181 Å². The van der Waals surface area contributed by atoms with Crippen molar-refractivity contribution in [3.05, 3.63) is 58.3 Å². The van der Waals surface area contributed by atoms with Crippen molar-refractivity contribution in [2.75, 3.05) is 18.2 Å². The molecular weight excluding hydrogens is 456 g/mol. The molecule has 7 nitrogen and oxygen atoms in total. The second kappa shape index (κ2) is 9.80. The predicted octanol–water partition coefficient (Wildman–Crippen LogP) is 4.20. The fourth-order valence-electron chi connectivity index (χ4n) is 2.53. The van der Waals surface area contributed by atoms with Crippen LogP contribution in [0.25, 0.3) is 0 Å². The first-order valence-electron chi connectivity index (χ1n) is 8.81. The number of ether oxygens (including phenoxy) is 2. The number of hydrogen-bond acceptors (Lipinski definition) is 6. The first kappa shape index (κ1) is 21.2. The number of para-hydroxylation sites is 2. The van der Waals surface area contributed by atoms with Gasteiger partial charge in [-0.25, -0.2) is 0 Å². The van der Waals surface area contributed by atoms with E-state index in [0.717, 1.165) is 15.7 Å². The van der Waals surface area contributed by atoms with Crippen LogP contribution in [0.2, 0.25) is 0 Å².